The standard InChI is InChI=1S/C9H13N5O/c1-6(10)3-8(11)9(15)13-7-4-12-14(2)5-7/h3-5,11H,10H2,1-2H3,(H,13,15)/b6-3-,11-8?. The number of allylic oxidation sites excluding steroid dienone is 1. The van der Waals surface area contributed by atoms with Crippen molar-refractivity contribution in [3.8, 4) is 0 Å². The molecule has 0 aliphatic rings. The summed E-state index contributed by atoms with van der Waals surface area (Å²) in [7, 11) is 1.74. The lowest BCUT2D eigenvalue weighted by molar-refractivity contribution is -0.110. The Labute approximate surface area is 87.3 Å². The van der Waals surface area contributed by atoms with Gasteiger partial charge in [-0.05, 0) is 13.0 Å². The van der Waals surface area contributed by atoms with Gasteiger partial charge in [0.05, 0.1) is 11.9 Å². The molecule has 0 atom stereocenters. The number of hydrogen-bond donors (Lipinski definition) is 3. The second-order valence-electron chi connectivity index (χ2n) is 3.16. The molecule has 1 aromatic heterocycles. The van der Waals surface area contributed by atoms with Crippen LogP contribution in [0.2, 0.25) is 0 Å². The molecule has 0 aliphatic carbocycles. The third-order valence-corrected chi connectivity index (χ3v) is 1.58. The Bertz CT molecular complexity index is 414. The molecule has 1 amide bonds. The third-order valence-electron chi connectivity index (χ3n) is 1.58. The molecule has 0 bridgehead atoms. The molecular formula is C9H13N5O. The summed E-state index contributed by atoms with van der Waals surface area (Å²) in [4.78, 5) is 11.4. The first-order valence-corrected chi connectivity index (χ1v) is 4.31. The highest BCUT2D eigenvalue weighted by atomic mass is 16.1. The Balaban J connectivity index is 2.64. The second kappa shape index (κ2) is 4.41. The van der Waals surface area contributed by atoms with Crippen molar-refractivity contribution in [2.45, 2.75) is 6.92 Å². The molecule has 0 saturated carbocycles. The number of hydrogen-bond acceptors (Lipinski definition) is 4. The molecule has 0 radical (unpaired) electrons. The van der Waals surface area contributed by atoms with Crippen molar-refractivity contribution in [1.29, 1.82) is 5.41 Å². The lowest BCUT2D eigenvalue weighted by Gasteiger charge is -2.00. The van der Waals surface area contributed by atoms with E-state index in [0.29, 0.717) is 11.4 Å². The van der Waals surface area contributed by atoms with Crippen LogP contribution in [0.4, 0.5) is 5.69 Å². The van der Waals surface area contributed by atoms with E-state index < -0.39 is 5.91 Å². The van der Waals surface area contributed by atoms with Crippen LogP contribution in [0.3, 0.4) is 0 Å². The normalized spacial score (nSPS) is 11.2. The summed E-state index contributed by atoms with van der Waals surface area (Å²) in [6, 6.07) is 0. The fraction of sp³-hybridized carbons (Fsp3) is 0.222. The predicted molar refractivity (Wildman–Crippen MR) is 57.5 cm³/mol. The summed E-state index contributed by atoms with van der Waals surface area (Å²) in [6.07, 6.45) is 4.44. The number of nitrogens with one attached hydrogen (secondary N) is 2. The Kier molecular flexibility index (Phi) is 3.22. The van der Waals surface area contributed by atoms with Crippen molar-refractivity contribution in [1.82, 2.24) is 9.78 Å². The highest BCUT2D eigenvalue weighted by Crippen LogP contribution is 2.03. The minimum Gasteiger partial charge on any atom is -0.402 e. The van der Waals surface area contributed by atoms with Crippen molar-refractivity contribution in [2.75, 3.05) is 5.32 Å². The molecule has 0 spiro atoms. The number of nitrogens with zero attached hydrogens (tertiary/aromatic N) is 2. The van der Waals surface area contributed by atoms with Crippen LogP contribution in [0.15, 0.2) is 24.2 Å². The summed E-state index contributed by atoms with van der Waals surface area (Å²) in [5, 5.41) is 13.8. The van der Waals surface area contributed by atoms with E-state index in [4.69, 9.17) is 11.1 Å². The molecule has 1 heterocycles. The summed E-state index contributed by atoms with van der Waals surface area (Å²) in [6.45, 7) is 1.62. The summed E-state index contributed by atoms with van der Waals surface area (Å²) >= 11 is 0. The molecule has 0 saturated heterocycles. The number of nitrogens with two attached hydrogens (primary N) is 1. The van der Waals surface area contributed by atoms with Crippen molar-refractivity contribution in [3.63, 3.8) is 0 Å². The molecular weight excluding hydrogens is 194 g/mol. The Morgan fingerprint density at radius 3 is 2.87 bits per heavy atom. The van der Waals surface area contributed by atoms with Gasteiger partial charge in [-0.3, -0.25) is 14.9 Å². The molecule has 6 nitrogen and oxygen atoms in total. The largest absolute Gasteiger partial charge is 0.402 e. The minimum atomic E-state index is -0.507. The number of anilines is 1. The zero-order chi connectivity index (χ0) is 11.4. The van der Waals surface area contributed by atoms with Crippen LogP contribution in [0.25, 0.3) is 0 Å². The second-order valence-corrected chi connectivity index (χ2v) is 3.16. The summed E-state index contributed by atoms with van der Waals surface area (Å²) in [5.74, 6) is -0.507. The van der Waals surface area contributed by atoms with Gasteiger partial charge in [-0.25, -0.2) is 0 Å². The Morgan fingerprint density at radius 2 is 2.40 bits per heavy atom. The molecule has 0 aliphatic heterocycles. The fourth-order valence-corrected chi connectivity index (χ4v) is 0.977. The van der Waals surface area contributed by atoms with Crippen molar-refractivity contribution >= 4 is 17.3 Å². The zero-order valence-corrected chi connectivity index (χ0v) is 8.61. The van der Waals surface area contributed by atoms with E-state index in [1.54, 1.807) is 24.9 Å². The van der Waals surface area contributed by atoms with Gasteiger partial charge in [0, 0.05) is 18.9 Å². The van der Waals surface area contributed by atoms with Crippen molar-refractivity contribution < 1.29 is 4.79 Å². The number of rotatable bonds is 3. The van der Waals surface area contributed by atoms with Gasteiger partial charge in [0.15, 0.2) is 0 Å². The number of carbonyl (C=O) groups is 1. The van der Waals surface area contributed by atoms with E-state index in [-0.39, 0.29) is 5.71 Å². The fourth-order valence-electron chi connectivity index (χ4n) is 0.977. The van der Waals surface area contributed by atoms with Crippen LogP contribution < -0.4 is 11.1 Å². The molecule has 0 aromatic carbocycles. The minimum absolute atomic E-state index is 0.182. The maximum absolute atomic E-state index is 11.4. The quantitative estimate of drug-likeness (QED) is 0.619. The van der Waals surface area contributed by atoms with Gasteiger partial charge in [0.25, 0.3) is 5.91 Å². The molecule has 1 aromatic rings. The van der Waals surface area contributed by atoms with E-state index in [1.807, 2.05) is 0 Å². The van der Waals surface area contributed by atoms with E-state index >= 15 is 0 Å². The van der Waals surface area contributed by atoms with Crippen LogP contribution in [0.5, 0.6) is 0 Å². The van der Waals surface area contributed by atoms with Crippen LogP contribution in [-0.2, 0) is 11.8 Å². The maximum Gasteiger partial charge on any atom is 0.273 e. The average Bonchev–Trinajstić information content (AvgIpc) is 2.50. The molecule has 15 heavy (non-hydrogen) atoms. The van der Waals surface area contributed by atoms with E-state index in [0.717, 1.165) is 0 Å². The van der Waals surface area contributed by atoms with Gasteiger partial charge in [-0.2, -0.15) is 5.10 Å². The Morgan fingerprint density at radius 1 is 1.73 bits per heavy atom. The molecule has 0 unspecified atom stereocenters. The molecule has 80 valence electrons. The van der Waals surface area contributed by atoms with Gasteiger partial charge >= 0.3 is 0 Å². The Hall–Kier alpha value is -2.11. The van der Waals surface area contributed by atoms with E-state index in [1.165, 1.54) is 12.3 Å². The first kappa shape index (κ1) is 11.0. The lowest BCUT2D eigenvalue weighted by Crippen LogP contribution is -2.20. The molecule has 4 N–H and O–H groups in total. The topological polar surface area (TPSA) is 96.8 Å². The molecule has 6 heteroatoms. The van der Waals surface area contributed by atoms with Gasteiger partial charge < -0.3 is 11.1 Å². The van der Waals surface area contributed by atoms with Gasteiger partial charge in [0.2, 0.25) is 0 Å². The van der Waals surface area contributed by atoms with Gasteiger partial charge in [-0.15, -0.1) is 0 Å². The number of carbonyl (C=O) groups excluding carboxylic acids is 1. The smallest absolute Gasteiger partial charge is 0.273 e. The number of amides is 1. The number of aromatic nitrogens is 2. The summed E-state index contributed by atoms with van der Waals surface area (Å²) in [5.41, 5.74) is 6.14. The first-order valence-electron chi connectivity index (χ1n) is 4.31. The van der Waals surface area contributed by atoms with Crippen LogP contribution >= 0.6 is 0 Å². The van der Waals surface area contributed by atoms with E-state index in [9.17, 15) is 4.79 Å². The maximum atomic E-state index is 11.4. The highest BCUT2D eigenvalue weighted by Gasteiger charge is 2.07. The molecule has 0 fully saturated rings. The highest BCUT2D eigenvalue weighted by molar-refractivity contribution is 6.45. The van der Waals surface area contributed by atoms with Gasteiger partial charge in [-0.1, -0.05) is 0 Å². The van der Waals surface area contributed by atoms with Crippen molar-refractivity contribution in [2.24, 2.45) is 12.8 Å². The van der Waals surface area contributed by atoms with Gasteiger partial charge in [0.1, 0.15) is 5.71 Å². The van der Waals surface area contributed by atoms with Crippen molar-refractivity contribution in [3.05, 3.63) is 24.2 Å². The monoisotopic (exact) mass is 207 g/mol. The third kappa shape index (κ3) is 3.26. The van der Waals surface area contributed by atoms with Crippen LogP contribution in [-0.4, -0.2) is 21.4 Å². The first-order chi connectivity index (χ1) is 6.99. The van der Waals surface area contributed by atoms with Crippen LogP contribution in [0.1, 0.15) is 6.92 Å². The lowest BCUT2D eigenvalue weighted by atomic mass is 10.3. The number of aryl methyl sites for hydroxylation is 1. The summed E-state index contributed by atoms with van der Waals surface area (Å²) < 4.78 is 1.56. The average molecular weight is 207 g/mol. The molecule has 1 rings (SSSR count). The predicted octanol–water partition coefficient (Wildman–Crippen LogP) is 0.241. The SMILES string of the molecule is C/C(N)=C/C(=N)C(=O)Nc1cnn(C)c1. The van der Waals surface area contributed by atoms with Crippen LogP contribution in [0, 0.1) is 5.41 Å². The zero-order valence-electron chi connectivity index (χ0n) is 8.61. The van der Waals surface area contributed by atoms with E-state index in [2.05, 4.69) is 10.4 Å².